The summed E-state index contributed by atoms with van der Waals surface area (Å²) in [6.07, 6.45) is 4.52. The van der Waals surface area contributed by atoms with Crippen LogP contribution in [0.3, 0.4) is 0 Å². The normalized spacial score (nSPS) is 14.8. The molecule has 0 unspecified atom stereocenters. The lowest BCUT2D eigenvalue weighted by Gasteiger charge is -2.22. The lowest BCUT2D eigenvalue weighted by Crippen LogP contribution is -2.29. The number of carbonyl (C=O) groups excluding carboxylic acids is 2. The van der Waals surface area contributed by atoms with E-state index in [4.69, 9.17) is 4.74 Å². The number of hydrogen-bond donors (Lipinski definition) is 2. The van der Waals surface area contributed by atoms with Gasteiger partial charge in [0.2, 0.25) is 0 Å². The van der Waals surface area contributed by atoms with E-state index in [9.17, 15) is 9.59 Å². The summed E-state index contributed by atoms with van der Waals surface area (Å²) >= 11 is 0. The molecule has 0 spiro atoms. The van der Waals surface area contributed by atoms with E-state index in [1.165, 1.54) is 0 Å². The molecule has 1 aromatic heterocycles. The largest absolute Gasteiger partial charge is 0.466 e. The first-order valence-corrected chi connectivity index (χ1v) is 7.77. The number of halogens is 1. The molecule has 2 heterocycles. The van der Waals surface area contributed by atoms with Gasteiger partial charge in [-0.3, -0.25) is 9.59 Å². The molecule has 2 rings (SSSR count). The molecule has 1 amide bonds. The fourth-order valence-corrected chi connectivity index (χ4v) is 2.39. The van der Waals surface area contributed by atoms with Gasteiger partial charge in [-0.05, 0) is 39.3 Å². The van der Waals surface area contributed by atoms with Gasteiger partial charge in [-0.15, -0.1) is 17.5 Å². The van der Waals surface area contributed by atoms with Crippen LogP contribution in [0.5, 0.6) is 0 Å². The van der Waals surface area contributed by atoms with Crippen LogP contribution in [0.4, 0.5) is 0 Å². The van der Waals surface area contributed by atoms with Gasteiger partial charge in [0.25, 0.3) is 5.91 Å². The van der Waals surface area contributed by atoms with Gasteiger partial charge in [-0.2, -0.15) is 0 Å². The number of amides is 1. The summed E-state index contributed by atoms with van der Waals surface area (Å²) in [6, 6.07) is 0.305. The predicted molar refractivity (Wildman–Crippen MR) is 86.6 cm³/mol. The Kier molecular flexibility index (Phi) is 8.57. The van der Waals surface area contributed by atoms with Gasteiger partial charge in [0.1, 0.15) is 0 Å². The average Bonchev–Trinajstić information content (AvgIpc) is 3.02. The van der Waals surface area contributed by atoms with E-state index in [-0.39, 0.29) is 24.3 Å². The molecular weight excluding hydrogens is 322 g/mol. The summed E-state index contributed by atoms with van der Waals surface area (Å²) in [6.45, 7) is 4.48. The maximum atomic E-state index is 12.0. The van der Waals surface area contributed by atoms with Crippen molar-refractivity contribution in [2.75, 3.05) is 26.2 Å². The second-order valence-corrected chi connectivity index (χ2v) is 5.23. The van der Waals surface area contributed by atoms with Crippen LogP contribution in [-0.4, -0.2) is 53.1 Å². The first-order valence-electron chi connectivity index (χ1n) is 7.77. The van der Waals surface area contributed by atoms with Crippen LogP contribution in [0.25, 0.3) is 0 Å². The molecule has 0 aliphatic carbocycles. The number of hydrogen-bond acceptors (Lipinski definition) is 6. The molecule has 9 heteroatoms. The van der Waals surface area contributed by atoms with Crippen molar-refractivity contribution in [3.05, 3.63) is 11.9 Å². The highest BCUT2D eigenvalue weighted by atomic mass is 35.5. The zero-order chi connectivity index (χ0) is 15.8. The highest BCUT2D eigenvalue weighted by Gasteiger charge is 2.18. The van der Waals surface area contributed by atoms with E-state index < -0.39 is 0 Å². The van der Waals surface area contributed by atoms with E-state index in [0.717, 1.165) is 25.9 Å². The molecule has 1 aromatic rings. The maximum Gasteiger partial charge on any atom is 0.305 e. The molecular formula is C14H24ClN5O3. The van der Waals surface area contributed by atoms with Gasteiger partial charge in [-0.1, -0.05) is 5.21 Å². The van der Waals surface area contributed by atoms with Crippen molar-refractivity contribution >= 4 is 24.3 Å². The second-order valence-electron chi connectivity index (χ2n) is 5.23. The summed E-state index contributed by atoms with van der Waals surface area (Å²) in [5.41, 5.74) is 0.315. The second kappa shape index (κ2) is 10.2. The summed E-state index contributed by atoms with van der Waals surface area (Å²) in [5, 5.41) is 14.0. The molecule has 130 valence electrons. The molecule has 0 bridgehead atoms. The lowest BCUT2D eigenvalue weighted by atomic mass is 10.1. The Balaban J connectivity index is 0.00000264. The van der Waals surface area contributed by atoms with Gasteiger partial charge in [0.15, 0.2) is 5.69 Å². The van der Waals surface area contributed by atoms with Crippen LogP contribution in [0.2, 0.25) is 0 Å². The third kappa shape index (κ3) is 6.15. The third-order valence-electron chi connectivity index (χ3n) is 3.57. The lowest BCUT2D eigenvalue weighted by molar-refractivity contribution is -0.143. The van der Waals surface area contributed by atoms with Crippen LogP contribution < -0.4 is 10.6 Å². The summed E-state index contributed by atoms with van der Waals surface area (Å²) in [5.74, 6) is -0.502. The molecule has 1 aliphatic rings. The van der Waals surface area contributed by atoms with Gasteiger partial charge in [0, 0.05) is 13.0 Å². The summed E-state index contributed by atoms with van der Waals surface area (Å²) in [7, 11) is 0. The van der Waals surface area contributed by atoms with Crippen LogP contribution in [-0.2, 0) is 9.53 Å². The highest BCUT2D eigenvalue weighted by molar-refractivity contribution is 5.91. The Morgan fingerprint density at radius 2 is 2.17 bits per heavy atom. The zero-order valence-corrected chi connectivity index (χ0v) is 14.1. The molecule has 1 fully saturated rings. The Labute approximate surface area is 141 Å². The Bertz CT molecular complexity index is 502. The van der Waals surface area contributed by atoms with Crippen LogP contribution in [0.15, 0.2) is 6.20 Å². The number of nitrogens with zero attached hydrogens (tertiary/aromatic N) is 3. The number of carbonyl (C=O) groups is 2. The predicted octanol–water partition coefficient (Wildman–Crippen LogP) is 0.697. The molecule has 0 atom stereocenters. The van der Waals surface area contributed by atoms with Crippen molar-refractivity contribution in [3.8, 4) is 0 Å². The molecule has 23 heavy (non-hydrogen) atoms. The Hall–Kier alpha value is -1.67. The Morgan fingerprint density at radius 1 is 1.43 bits per heavy atom. The van der Waals surface area contributed by atoms with Crippen molar-refractivity contribution in [1.82, 2.24) is 25.6 Å². The van der Waals surface area contributed by atoms with Crippen molar-refractivity contribution < 1.29 is 14.3 Å². The fraction of sp³-hybridized carbons (Fsp3) is 0.714. The van der Waals surface area contributed by atoms with Gasteiger partial charge >= 0.3 is 5.97 Å². The van der Waals surface area contributed by atoms with Crippen molar-refractivity contribution in [1.29, 1.82) is 0 Å². The first-order chi connectivity index (χ1) is 10.7. The Morgan fingerprint density at radius 3 is 2.87 bits per heavy atom. The summed E-state index contributed by atoms with van der Waals surface area (Å²) < 4.78 is 6.59. The van der Waals surface area contributed by atoms with Crippen molar-refractivity contribution in [3.63, 3.8) is 0 Å². The smallest absolute Gasteiger partial charge is 0.305 e. The number of rotatable bonds is 7. The minimum Gasteiger partial charge on any atom is -0.466 e. The zero-order valence-electron chi connectivity index (χ0n) is 13.3. The fourth-order valence-electron chi connectivity index (χ4n) is 2.39. The first kappa shape index (κ1) is 19.4. The third-order valence-corrected chi connectivity index (χ3v) is 3.57. The standard InChI is InChI=1S/C14H23N5O3.ClH/c1-2-22-13(20)4-3-7-16-14(21)12-10-19(18-17-12)11-5-8-15-9-6-11;/h10-11,15H,2-9H2,1H3,(H,16,21);1H. The number of piperidine rings is 1. The molecule has 0 saturated carbocycles. The van der Waals surface area contributed by atoms with E-state index in [0.29, 0.717) is 37.7 Å². The van der Waals surface area contributed by atoms with Crippen LogP contribution in [0.1, 0.15) is 49.1 Å². The van der Waals surface area contributed by atoms with Gasteiger partial charge < -0.3 is 15.4 Å². The number of nitrogens with one attached hydrogen (secondary N) is 2. The van der Waals surface area contributed by atoms with Gasteiger partial charge in [-0.25, -0.2) is 4.68 Å². The SMILES string of the molecule is CCOC(=O)CCCNC(=O)c1cn(C2CCNCC2)nn1.Cl. The van der Waals surface area contributed by atoms with E-state index >= 15 is 0 Å². The number of aromatic nitrogens is 3. The quantitative estimate of drug-likeness (QED) is 0.557. The van der Waals surface area contributed by atoms with Crippen LogP contribution >= 0.6 is 12.4 Å². The molecule has 8 nitrogen and oxygen atoms in total. The average molecular weight is 346 g/mol. The van der Waals surface area contributed by atoms with Gasteiger partial charge in [0.05, 0.1) is 18.8 Å². The molecule has 1 saturated heterocycles. The van der Waals surface area contributed by atoms with E-state index in [1.807, 2.05) is 0 Å². The minimum absolute atomic E-state index is 0. The van der Waals surface area contributed by atoms with E-state index in [1.54, 1.807) is 17.8 Å². The molecule has 2 N–H and O–H groups in total. The minimum atomic E-state index is -0.260. The van der Waals surface area contributed by atoms with Crippen LogP contribution in [0, 0.1) is 0 Å². The topological polar surface area (TPSA) is 98.1 Å². The van der Waals surface area contributed by atoms with Crippen molar-refractivity contribution in [2.45, 2.75) is 38.6 Å². The van der Waals surface area contributed by atoms with Crippen molar-refractivity contribution in [2.24, 2.45) is 0 Å². The molecule has 0 aromatic carbocycles. The number of esters is 1. The van der Waals surface area contributed by atoms with E-state index in [2.05, 4.69) is 20.9 Å². The maximum absolute atomic E-state index is 12.0. The summed E-state index contributed by atoms with van der Waals surface area (Å²) in [4.78, 5) is 23.1. The molecule has 1 aliphatic heterocycles. The monoisotopic (exact) mass is 345 g/mol. The highest BCUT2D eigenvalue weighted by Crippen LogP contribution is 2.16. The molecule has 0 radical (unpaired) electrons. The number of ether oxygens (including phenoxy) is 1.